The molecule has 1 N–H and O–H groups in total. The Morgan fingerprint density at radius 3 is 2.50 bits per heavy atom. The number of hydrogen-bond donors (Lipinski definition) is 1. The lowest BCUT2D eigenvalue weighted by Gasteiger charge is -2.27. The molecule has 3 heterocycles. The maximum atomic E-state index is 13.3. The fraction of sp³-hybridized carbons (Fsp3) is 0.120. The first kappa shape index (κ1) is 19.7. The van der Waals surface area contributed by atoms with Crippen LogP contribution in [0.1, 0.15) is 24.1 Å². The first-order valence-electron chi connectivity index (χ1n) is 10.3. The maximum absolute atomic E-state index is 13.3. The van der Waals surface area contributed by atoms with Gasteiger partial charge in [-0.05, 0) is 24.1 Å². The summed E-state index contributed by atoms with van der Waals surface area (Å²) in [5, 5.41) is 7.96. The van der Waals surface area contributed by atoms with Gasteiger partial charge in [-0.25, -0.2) is 9.48 Å². The van der Waals surface area contributed by atoms with Crippen molar-refractivity contribution in [2.45, 2.75) is 19.6 Å². The van der Waals surface area contributed by atoms with E-state index in [9.17, 15) is 4.79 Å². The second kappa shape index (κ2) is 8.47. The van der Waals surface area contributed by atoms with E-state index < -0.39 is 12.0 Å². The monoisotopic (exact) mass is 423 g/mol. The summed E-state index contributed by atoms with van der Waals surface area (Å²) >= 11 is 0. The molecule has 1 aliphatic rings. The number of nitrogens with one attached hydrogen (secondary N) is 1. The van der Waals surface area contributed by atoms with Crippen molar-refractivity contribution in [3.8, 4) is 11.4 Å². The number of fused-ring (bicyclic) bond motifs is 1. The molecule has 7 heteroatoms. The molecule has 0 amide bonds. The zero-order valence-corrected chi connectivity index (χ0v) is 17.5. The average molecular weight is 423 g/mol. The van der Waals surface area contributed by atoms with Gasteiger partial charge in [0.25, 0.3) is 0 Å². The first-order chi connectivity index (χ1) is 15.7. The van der Waals surface area contributed by atoms with Gasteiger partial charge in [-0.3, -0.25) is 4.98 Å². The number of esters is 1. The SMILES string of the molecule is CC1=C(C(=O)OCc2ccccc2)[C@H](c2cccnc2)n2nc(-c3ccccc3)nc2N1. The zero-order valence-electron chi connectivity index (χ0n) is 17.5. The molecule has 2 aromatic carbocycles. The van der Waals surface area contributed by atoms with Crippen molar-refractivity contribution in [2.75, 3.05) is 5.32 Å². The van der Waals surface area contributed by atoms with E-state index in [4.69, 9.17) is 9.84 Å². The molecule has 0 spiro atoms. The largest absolute Gasteiger partial charge is 0.457 e. The van der Waals surface area contributed by atoms with E-state index in [0.717, 1.165) is 16.7 Å². The normalized spacial score (nSPS) is 15.1. The van der Waals surface area contributed by atoms with Gasteiger partial charge in [-0.1, -0.05) is 66.7 Å². The van der Waals surface area contributed by atoms with Gasteiger partial charge in [0.1, 0.15) is 12.6 Å². The molecule has 32 heavy (non-hydrogen) atoms. The topological polar surface area (TPSA) is 81.9 Å². The second-order valence-corrected chi connectivity index (χ2v) is 7.48. The highest BCUT2D eigenvalue weighted by molar-refractivity contribution is 5.92. The van der Waals surface area contributed by atoms with E-state index in [-0.39, 0.29) is 6.61 Å². The number of benzene rings is 2. The van der Waals surface area contributed by atoms with Crippen LogP contribution in [0, 0.1) is 0 Å². The standard InChI is InChI=1S/C25H21N5O2/c1-17-21(24(31)32-16-18-9-4-2-5-10-18)22(20-13-8-14-26-15-20)30-25(27-17)28-23(29-30)19-11-6-3-7-12-19/h2-15,22H,16H2,1H3,(H,27,28,29)/t22-/m0/s1. The lowest BCUT2D eigenvalue weighted by Crippen LogP contribution is -2.29. The number of pyridine rings is 1. The molecule has 1 aliphatic heterocycles. The lowest BCUT2D eigenvalue weighted by molar-refractivity contribution is -0.140. The van der Waals surface area contributed by atoms with Gasteiger partial charge < -0.3 is 10.1 Å². The minimum absolute atomic E-state index is 0.190. The molecular formula is C25H21N5O2. The predicted octanol–water partition coefficient (Wildman–Crippen LogP) is 4.37. The van der Waals surface area contributed by atoms with Gasteiger partial charge in [0.15, 0.2) is 5.82 Å². The van der Waals surface area contributed by atoms with E-state index in [0.29, 0.717) is 23.0 Å². The summed E-state index contributed by atoms with van der Waals surface area (Å²) in [4.78, 5) is 22.2. The van der Waals surface area contributed by atoms with Gasteiger partial charge in [-0.15, -0.1) is 5.10 Å². The molecule has 0 saturated carbocycles. The fourth-order valence-corrected chi connectivity index (χ4v) is 3.77. The van der Waals surface area contributed by atoms with Crippen molar-refractivity contribution in [1.82, 2.24) is 19.7 Å². The molecule has 5 rings (SSSR count). The van der Waals surface area contributed by atoms with Crippen LogP contribution >= 0.6 is 0 Å². The van der Waals surface area contributed by atoms with Crippen LogP contribution in [0.4, 0.5) is 5.95 Å². The summed E-state index contributed by atoms with van der Waals surface area (Å²) in [5.41, 5.74) is 3.80. The Kier molecular flexibility index (Phi) is 5.21. The molecule has 158 valence electrons. The molecule has 0 saturated heterocycles. The molecule has 0 fully saturated rings. The van der Waals surface area contributed by atoms with Gasteiger partial charge >= 0.3 is 5.97 Å². The third-order valence-electron chi connectivity index (χ3n) is 5.32. The maximum Gasteiger partial charge on any atom is 0.338 e. The second-order valence-electron chi connectivity index (χ2n) is 7.48. The highest BCUT2D eigenvalue weighted by atomic mass is 16.5. The fourth-order valence-electron chi connectivity index (χ4n) is 3.77. The van der Waals surface area contributed by atoms with E-state index in [1.54, 1.807) is 17.1 Å². The van der Waals surface area contributed by atoms with Gasteiger partial charge in [0.2, 0.25) is 5.95 Å². The van der Waals surface area contributed by atoms with E-state index in [2.05, 4.69) is 15.3 Å². The Hall–Kier alpha value is -4.26. The molecule has 0 unspecified atom stereocenters. The minimum Gasteiger partial charge on any atom is -0.457 e. The number of anilines is 1. The summed E-state index contributed by atoms with van der Waals surface area (Å²) in [6, 6.07) is 22.6. The van der Waals surface area contributed by atoms with Crippen molar-refractivity contribution in [3.63, 3.8) is 0 Å². The van der Waals surface area contributed by atoms with Gasteiger partial charge in [0, 0.05) is 23.7 Å². The summed E-state index contributed by atoms with van der Waals surface area (Å²) in [6.07, 6.45) is 3.44. The molecule has 0 bridgehead atoms. The van der Waals surface area contributed by atoms with Gasteiger partial charge in [0.05, 0.1) is 5.57 Å². The average Bonchev–Trinajstić information content (AvgIpc) is 3.27. The third kappa shape index (κ3) is 3.76. The van der Waals surface area contributed by atoms with Crippen LogP contribution in [-0.2, 0) is 16.1 Å². The Bertz CT molecular complexity index is 1270. The highest BCUT2D eigenvalue weighted by Crippen LogP contribution is 2.36. The molecule has 1 atom stereocenters. The van der Waals surface area contributed by atoms with Crippen LogP contribution in [0.5, 0.6) is 0 Å². The first-order valence-corrected chi connectivity index (χ1v) is 10.3. The number of rotatable bonds is 5. The number of ether oxygens (including phenoxy) is 1. The summed E-state index contributed by atoms with van der Waals surface area (Å²) < 4.78 is 7.41. The molecule has 0 radical (unpaired) electrons. The Balaban J connectivity index is 1.53. The Morgan fingerprint density at radius 2 is 1.78 bits per heavy atom. The van der Waals surface area contributed by atoms with Crippen molar-refractivity contribution in [3.05, 3.63) is 108 Å². The number of carbonyl (C=O) groups excluding carboxylic acids is 1. The number of hydrogen-bond acceptors (Lipinski definition) is 6. The van der Waals surface area contributed by atoms with E-state index in [1.165, 1.54) is 0 Å². The number of nitrogens with zero attached hydrogens (tertiary/aromatic N) is 4. The van der Waals surface area contributed by atoms with Crippen LogP contribution < -0.4 is 5.32 Å². The summed E-state index contributed by atoms with van der Waals surface area (Å²) in [6.45, 7) is 2.04. The quantitative estimate of drug-likeness (QED) is 0.480. The molecule has 0 aliphatic carbocycles. The number of allylic oxidation sites excluding steroid dienone is 1. The molecule has 7 nitrogen and oxygen atoms in total. The minimum atomic E-state index is -0.506. The van der Waals surface area contributed by atoms with Crippen LogP contribution in [0.3, 0.4) is 0 Å². The molecule has 2 aromatic heterocycles. The number of aromatic nitrogens is 4. The zero-order chi connectivity index (χ0) is 21.9. The van der Waals surface area contributed by atoms with Gasteiger partial charge in [-0.2, -0.15) is 4.98 Å². The van der Waals surface area contributed by atoms with Crippen LogP contribution in [0.25, 0.3) is 11.4 Å². The highest BCUT2D eigenvalue weighted by Gasteiger charge is 2.35. The van der Waals surface area contributed by atoms with Crippen LogP contribution in [0.2, 0.25) is 0 Å². The van der Waals surface area contributed by atoms with Crippen molar-refractivity contribution in [1.29, 1.82) is 0 Å². The Labute approximate surface area is 185 Å². The van der Waals surface area contributed by atoms with Crippen LogP contribution in [0.15, 0.2) is 96.5 Å². The van der Waals surface area contributed by atoms with Crippen molar-refractivity contribution < 1.29 is 9.53 Å². The number of carbonyl (C=O) groups is 1. The summed E-state index contributed by atoms with van der Waals surface area (Å²) in [5.74, 6) is 0.735. The molecule has 4 aromatic rings. The smallest absolute Gasteiger partial charge is 0.338 e. The predicted molar refractivity (Wildman–Crippen MR) is 120 cm³/mol. The molecular weight excluding hydrogens is 402 g/mol. The van der Waals surface area contributed by atoms with Crippen molar-refractivity contribution >= 4 is 11.9 Å². The summed E-state index contributed by atoms with van der Waals surface area (Å²) in [7, 11) is 0. The van der Waals surface area contributed by atoms with E-state index in [1.807, 2.05) is 79.7 Å². The lowest BCUT2D eigenvalue weighted by atomic mass is 9.97. The Morgan fingerprint density at radius 1 is 1.03 bits per heavy atom. The van der Waals surface area contributed by atoms with E-state index >= 15 is 0 Å². The third-order valence-corrected chi connectivity index (χ3v) is 5.32. The van der Waals surface area contributed by atoms with Crippen LogP contribution in [-0.4, -0.2) is 25.7 Å². The van der Waals surface area contributed by atoms with Crippen molar-refractivity contribution in [2.24, 2.45) is 0 Å².